The predicted octanol–water partition coefficient (Wildman–Crippen LogP) is 1.81. The number of hydrogen-bond donors (Lipinski definition) is 2. The van der Waals surface area contributed by atoms with Crippen LogP contribution in [0.3, 0.4) is 0 Å². The maximum Gasteiger partial charge on any atom is 0.307 e. The molecule has 5 nitrogen and oxygen atoms in total. The van der Waals surface area contributed by atoms with E-state index in [0.29, 0.717) is 26.0 Å². The van der Waals surface area contributed by atoms with Crippen molar-refractivity contribution in [1.82, 2.24) is 5.32 Å². The van der Waals surface area contributed by atoms with Gasteiger partial charge >= 0.3 is 5.97 Å². The van der Waals surface area contributed by atoms with Gasteiger partial charge in [0.15, 0.2) is 0 Å². The van der Waals surface area contributed by atoms with Crippen molar-refractivity contribution in [2.45, 2.75) is 52.1 Å². The first kappa shape index (κ1) is 16.0. The minimum Gasteiger partial charge on any atom is -0.481 e. The average Bonchev–Trinajstić information content (AvgIpc) is 2.37. The summed E-state index contributed by atoms with van der Waals surface area (Å²) in [6.45, 7) is 5.11. The second-order valence-electron chi connectivity index (χ2n) is 5.40. The first-order valence-corrected chi connectivity index (χ1v) is 7.14. The van der Waals surface area contributed by atoms with Crippen LogP contribution in [0.15, 0.2) is 0 Å². The molecule has 0 radical (unpaired) electrons. The molecule has 2 N–H and O–H groups in total. The number of carboxylic acid groups (broad SMARTS) is 1. The third kappa shape index (κ3) is 5.59. The van der Waals surface area contributed by atoms with E-state index in [2.05, 4.69) is 5.32 Å². The van der Waals surface area contributed by atoms with Gasteiger partial charge in [-0.15, -0.1) is 0 Å². The molecule has 0 aromatic heterocycles. The normalized spacial score (nSPS) is 23.3. The molecule has 0 spiro atoms. The highest BCUT2D eigenvalue weighted by Crippen LogP contribution is 2.30. The zero-order valence-electron chi connectivity index (χ0n) is 11.9. The van der Waals surface area contributed by atoms with Crippen molar-refractivity contribution in [3.63, 3.8) is 0 Å². The Kier molecular flexibility index (Phi) is 6.84. The summed E-state index contributed by atoms with van der Waals surface area (Å²) in [5.41, 5.74) is 0. The molecule has 1 rings (SSSR count). The lowest BCUT2D eigenvalue weighted by atomic mass is 9.79. The monoisotopic (exact) mass is 271 g/mol. The zero-order chi connectivity index (χ0) is 14.3. The van der Waals surface area contributed by atoms with Gasteiger partial charge in [-0.2, -0.15) is 0 Å². The van der Waals surface area contributed by atoms with E-state index < -0.39 is 11.9 Å². The number of carbonyl (C=O) groups excluding carboxylic acids is 1. The van der Waals surface area contributed by atoms with Crippen molar-refractivity contribution in [3.8, 4) is 0 Å². The maximum absolute atomic E-state index is 12.0. The summed E-state index contributed by atoms with van der Waals surface area (Å²) >= 11 is 0. The van der Waals surface area contributed by atoms with Gasteiger partial charge in [-0.1, -0.05) is 12.8 Å². The molecule has 0 bridgehead atoms. The first-order valence-electron chi connectivity index (χ1n) is 7.14. The van der Waals surface area contributed by atoms with Gasteiger partial charge in [-0.3, -0.25) is 9.59 Å². The number of carboxylic acids is 1. The van der Waals surface area contributed by atoms with E-state index in [1.807, 2.05) is 13.8 Å². The van der Waals surface area contributed by atoms with Crippen molar-refractivity contribution in [1.29, 1.82) is 0 Å². The number of aliphatic carboxylic acids is 1. The van der Waals surface area contributed by atoms with Crippen molar-refractivity contribution in [3.05, 3.63) is 0 Å². The van der Waals surface area contributed by atoms with E-state index >= 15 is 0 Å². The van der Waals surface area contributed by atoms with Gasteiger partial charge in [0.2, 0.25) is 5.91 Å². The molecule has 1 saturated carbocycles. The maximum atomic E-state index is 12.0. The van der Waals surface area contributed by atoms with Gasteiger partial charge in [0.1, 0.15) is 0 Å². The van der Waals surface area contributed by atoms with E-state index in [4.69, 9.17) is 9.84 Å². The van der Waals surface area contributed by atoms with Gasteiger partial charge in [-0.25, -0.2) is 0 Å². The van der Waals surface area contributed by atoms with E-state index in [-0.39, 0.29) is 17.9 Å². The lowest BCUT2D eigenvalue weighted by Crippen LogP contribution is -2.40. The molecule has 1 aliphatic carbocycles. The number of ether oxygens (including phenoxy) is 1. The SMILES string of the molecule is CC(C)OCCCNC(=O)[C@H]1CCCC[C@@H]1C(=O)O. The number of amides is 1. The fraction of sp³-hybridized carbons (Fsp3) is 0.857. The van der Waals surface area contributed by atoms with Gasteiger partial charge in [0.25, 0.3) is 0 Å². The number of hydrogen-bond acceptors (Lipinski definition) is 3. The Bertz CT molecular complexity index is 304. The van der Waals surface area contributed by atoms with Crippen LogP contribution in [0.2, 0.25) is 0 Å². The van der Waals surface area contributed by atoms with Crippen LogP contribution in [-0.2, 0) is 14.3 Å². The summed E-state index contributed by atoms with van der Waals surface area (Å²) in [6, 6.07) is 0. The summed E-state index contributed by atoms with van der Waals surface area (Å²) in [6.07, 6.45) is 4.11. The minimum absolute atomic E-state index is 0.114. The molecule has 0 saturated heterocycles. The Morgan fingerprint density at radius 1 is 1.26 bits per heavy atom. The van der Waals surface area contributed by atoms with Crippen molar-refractivity contribution in [2.75, 3.05) is 13.2 Å². The second kappa shape index (κ2) is 8.15. The van der Waals surface area contributed by atoms with Crippen LogP contribution in [0, 0.1) is 11.8 Å². The van der Waals surface area contributed by atoms with Crippen LogP contribution in [-0.4, -0.2) is 36.2 Å². The smallest absolute Gasteiger partial charge is 0.307 e. The third-order valence-corrected chi connectivity index (χ3v) is 3.49. The van der Waals surface area contributed by atoms with Gasteiger partial charge in [0.05, 0.1) is 17.9 Å². The quantitative estimate of drug-likeness (QED) is 0.692. The van der Waals surface area contributed by atoms with E-state index in [9.17, 15) is 9.59 Å². The standard InChI is InChI=1S/C14H25NO4/c1-10(2)19-9-5-8-15-13(16)11-6-3-4-7-12(11)14(17)18/h10-12H,3-9H2,1-2H3,(H,15,16)(H,17,18)/t11-,12-/m0/s1. The Morgan fingerprint density at radius 3 is 2.47 bits per heavy atom. The molecule has 5 heteroatoms. The number of nitrogens with one attached hydrogen (secondary N) is 1. The Labute approximate surface area is 114 Å². The molecule has 1 aliphatic rings. The molecule has 19 heavy (non-hydrogen) atoms. The van der Waals surface area contributed by atoms with Gasteiger partial charge < -0.3 is 15.2 Å². The molecule has 0 unspecified atom stereocenters. The van der Waals surface area contributed by atoms with Crippen molar-refractivity contribution < 1.29 is 19.4 Å². The number of carbonyl (C=O) groups is 2. The fourth-order valence-corrected chi connectivity index (χ4v) is 2.47. The van der Waals surface area contributed by atoms with Crippen LogP contribution in [0.25, 0.3) is 0 Å². The second-order valence-corrected chi connectivity index (χ2v) is 5.40. The molecular formula is C14H25NO4. The largest absolute Gasteiger partial charge is 0.481 e. The summed E-state index contributed by atoms with van der Waals surface area (Å²) in [4.78, 5) is 23.1. The molecular weight excluding hydrogens is 246 g/mol. The highest BCUT2D eigenvalue weighted by molar-refractivity contribution is 5.84. The summed E-state index contributed by atoms with van der Waals surface area (Å²) in [5, 5.41) is 12.0. The lowest BCUT2D eigenvalue weighted by molar-refractivity contribution is -0.148. The first-order chi connectivity index (χ1) is 9.02. The van der Waals surface area contributed by atoms with Gasteiger partial charge in [-0.05, 0) is 33.1 Å². The van der Waals surface area contributed by atoms with Gasteiger partial charge in [0, 0.05) is 13.2 Å². The average molecular weight is 271 g/mol. The summed E-state index contributed by atoms with van der Waals surface area (Å²) < 4.78 is 5.38. The van der Waals surface area contributed by atoms with Crippen LogP contribution < -0.4 is 5.32 Å². The Hall–Kier alpha value is -1.10. The van der Waals surface area contributed by atoms with E-state index in [1.165, 1.54) is 0 Å². The van der Waals surface area contributed by atoms with Crippen LogP contribution in [0.1, 0.15) is 46.0 Å². The number of rotatable bonds is 7. The van der Waals surface area contributed by atoms with Crippen LogP contribution in [0.4, 0.5) is 0 Å². The molecule has 2 atom stereocenters. The van der Waals surface area contributed by atoms with Crippen LogP contribution >= 0.6 is 0 Å². The summed E-state index contributed by atoms with van der Waals surface area (Å²) in [7, 11) is 0. The molecule has 0 aromatic rings. The minimum atomic E-state index is -0.844. The predicted molar refractivity (Wildman–Crippen MR) is 71.8 cm³/mol. The lowest BCUT2D eigenvalue weighted by Gasteiger charge is -2.27. The highest BCUT2D eigenvalue weighted by Gasteiger charge is 2.35. The summed E-state index contributed by atoms with van der Waals surface area (Å²) in [5.74, 6) is -1.84. The molecule has 0 aliphatic heterocycles. The van der Waals surface area contributed by atoms with Crippen molar-refractivity contribution >= 4 is 11.9 Å². The topological polar surface area (TPSA) is 75.6 Å². The van der Waals surface area contributed by atoms with Crippen molar-refractivity contribution in [2.24, 2.45) is 11.8 Å². The Morgan fingerprint density at radius 2 is 1.89 bits per heavy atom. The van der Waals surface area contributed by atoms with E-state index in [1.54, 1.807) is 0 Å². The molecule has 0 heterocycles. The van der Waals surface area contributed by atoms with E-state index in [0.717, 1.165) is 19.3 Å². The fourth-order valence-electron chi connectivity index (χ4n) is 2.47. The Balaban J connectivity index is 2.29. The molecule has 110 valence electrons. The third-order valence-electron chi connectivity index (χ3n) is 3.49. The molecule has 0 aromatic carbocycles. The van der Waals surface area contributed by atoms with Crippen LogP contribution in [0.5, 0.6) is 0 Å². The molecule has 1 amide bonds. The highest BCUT2D eigenvalue weighted by atomic mass is 16.5. The molecule has 1 fully saturated rings. The zero-order valence-corrected chi connectivity index (χ0v) is 11.9.